The van der Waals surface area contributed by atoms with E-state index < -0.39 is 40.9 Å². The fourth-order valence-electron chi connectivity index (χ4n) is 6.47. The summed E-state index contributed by atoms with van der Waals surface area (Å²) in [6, 6.07) is 3.19. The van der Waals surface area contributed by atoms with Gasteiger partial charge in [0.15, 0.2) is 5.75 Å². The van der Waals surface area contributed by atoms with Crippen LogP contribution in [0.1, 0.15) is 77.6 Å². The molecule has 0 radical (unpaired) electrons. The molecule has 3 aliphatic rings. The second-order valence-electron chi connectivity index (χ2n) is 14.1. The maximum absolute atomic E-state index is 14.8. The number of hydrogen-bond acceptors (Lipinski definition) is 11. The SMILES string of the molecule is CC(Oc1cnc(N2CC(NC(=O)OC(C)(C)C)C(c3cc(F)ccc3F)C2)nc1)C1CCN(c2nc(C(C)(O)C3CC3)no2)CC1. The summed E-state index contributed by atoms with van der Waals surface area (Å²) < 4.78 is 46.1. The van der Waals surface area contributed by atoms with Crippen LogP contribution in [-0.4, -0.2) is 75.2 Å². The van der Waals surface area contributed by atoms with Crippen LogP contribution in [0, 0.1) is 23.5 Å². The lowest BCUT2D eigenvalue weighted by molar-refractivity contribution is 0.0217. The Morgan fingerprint density at radius 2 is 1.77 bits per heavy atom. The topological polar surface area (TPSA) is 139 Å². The average molecular weight is 656 g/mol. The van der Waals surface area contributed by atoms with Crippen LogP contribution >= 0.6 is 0 Å². The molecule has 1 aliphatic carbocycles. The number of ether oxygens (including phenoxy) is 2. The van der Waals surface area contributed by atoms with E-state index in [4.69, 9.17) is 14.0 Å². The molecule has 4 atom stereocenters. The summed E-state index contributed by atoms with van der Waals surface area (Å²) in [5.74, 6) is 0.0352. The minimum Gasteiger partial charge on any atom is -0.487 e. The maximum atomic E-state index is 14.8. The minimum atomic E-state index is -1.06. The largest absolute Gasteiger partial charge is 0.487 e. The highest BCUT2D eigenvalue weighted by atomic mass is 19.1. The van der Waals surface area contributed by atoms with Gasteiger partial charge in [-0.05, 0) is 95.9 Å². The standard InChI is InChI=1S/C33H43F2N7O5/c1-19(20-10-12-41(13-11-20)30-39-28(40-47-30)33(5,44)21-6-7-21)45-23-15-36-29(37-16-23)42-17-25(24-14-22(34)8-9-26(24)35)27(18-42)38-31(43)46-32(2,3)4/h8-9,14-16,19-21,25,27,44H,6-7,10-13,17-18H2,1-5H3,(H,38,43). The molecule has 4 unspecified atom stereocenters. The zero-order valence-electron chi connectivity index (χ0n) is 27.4. The van der Waals surface area contributed by atoms with Crippen LogP contribution in [0.2, 0.25) is 0 Å². The number of hydrogen-bond donors (Lipinski definition) is 2. The summed E-state index contributed by atoms with van der Waals surface area (Å²) in [7, 11) is 0. The summed E-state index contributed by atoms with van der Waals surface area (Å²) in [6.45, 7) is 11.0. The Kier molecular flexibility index (Phi) is 8.98. The number of aromatic nitrogens is 4. The summed E-state index contributed by atoms with van der Waals surface area (Å²) in [4.78, 5) is 30.0. The molecule has 0 spiro atoms. The zero-order valence-corrected chi connectivity index (χ0v) is 27.4. The van der Waals surface area contributed by atoms with Gasteiger partial charge in [0, 0.05) is 32.1 Å². The van der Waals surface area contributed by atoms with E-state index in [9.17, 15) is 18.7 Å². The molecule has 4 heterocycles. The van der Waals surface area contributed by atoms with Crippen LogP contribution in [0.4, 0.5) is 25.5 Å². The molecule has 2 aromatic heterocycles. The molecule has 3 fully saturated rings. The van der Waals surface area contributed by atoms with Gasteiger partial charge < -0.3 is 34.2 Å². The molecule has 1 amide bonds. The molecular formula is C33H43F2N7O5. The molecule has 12 nitrogen and oxygen atoms in total. The van der Waals surface area contributed by atoms with E-state index in [1.54, 1.807) is 40.1 Å². The Balaban J connectivity index is 1.05. The first-order chi connectivity index (χ1) is 22.3. The molecule has 14 heteroatoms. The monoisotopic (exact) mass is 655 g/mol. The lowest BCUT2D eigenvalue weighted by Crippen LogP contribution is -2.43. The molecule has 2 aliphatic heterocycles. The number of carbonyl (C=O) groups excluding carboxylic acids is 1. The van der Waals surface area contributed by atoms with Crippen molar-refractivity contribution in [3.05, 3.63) is 53.6 Å². The van der Waals surface area contributed by atoms with Crippen LogP contribution in [0.15, 0.2) is 35.1 Å². The van der Waals surface area contributed by atoms with Crippen molar-refractivity contribution in [3.8, 4) is 5.75 Å². The van der Waals surface area contributed by atoms with Crippen molar-refractivity contribution in [1.82, 2.24) is 25.4 Å². The molecule has 2 N–H and O–H groups in total. The predicted molar refractivity (Wildman–Crippen MR) is 168 cm³/mol. The van der Waals surface area contributed by atoms with Gasteiger partial charge >= 0.3 is 12.1 Å². The van der Waals surface area contributed by atoms with Crippen molar-refractivity contribution in [1.29, 1.82) is 0 Å². The number of alkyl carbamates (subject to hydrolysis) is 1. The number of carbonyl (C=O) groups is 1. The molecular weight excluding hydrogens is 612 g/mol. The first kappa shape index (κ1) is 32.9. The van der Waals surface area contributed by atoms with Gasteiger partial charge in [-0.25, -0.2) is 23.5 Å². The van der Waals surface area contributed by atoms with Crippen molar-refractivity contribution in [2.45, 2.75) is 89.6 Å². The van der Waals surface area contributed by atoms with Crippen LogP contribution in [0.5, 0.6) is 5.75 Å². The highest BCUT2D eigenvalue weighted by Gasteiger charge is 2.45. The van der Waals surface area contributed by atoms with Gasteiger partial charge in [0.05, 0.1) is 24.5 Å². The van der Waals surface area contributed by atoms with Gasteiger partial charge in [0.25, 0.3) is 0 Å². The fraction of sp³-hybridized carbons (Fsp3) is 0.606. The van der Waals surface area contributed by atoms with Crippen molar-refractivity contribution in [2.75, 3.05) is 36.0 Å². The quantitative estimate of drug-likeness (QED) is 0.324. The smallest absolute Gasteiger partial charge is 0.407 e. The molecule has 3 aromatic rings. The molecule has 6 rings (SSSR count). The third-order valence-electron chi connectivity index (χ3n) is 9.31. The molecule has 0 bridgehead atoms. The van der Waals surface area contributed by atoms with E-state index in [-0.39, 0.29) is 36.6 Å². The Hall–Kier alpha value is -4.07. The van der Waals surface area contributed by atoms with Gasteiger partial charge in [-0.1, -0.05) is 5.16 Å². The molecule has 1 saturated carbocycles. The van der Waals surface area contributed by atoms with Crippen molar-refractivity contribution in [2.24, 2.45) is 11.8 Å². The third-order valence-corrected chi connectivity index (χ3v) is 9.31. The van der Waals surface area contributed by atoms with Gasteiger partial charge in [0.1, 0.15) is 22.8 Å². The number of amides is 1. The Labute approximate surface area is 272 Å². The lowest BCUT2D eigenvalue weighted by atomic mass is 9.92. The number of rotatable bonds is 9. The minimum absolute atomic E-state index is 0.102. The predicted octanol–water partition coefficient (Wildman–Crippen LogP) is 4.94. The van der Waals surface area contributed by atoms with Gasteiger partial charge in [-0.15, -0.1) is 0 Å². The number of halogens is 2. The van der Waals surface area contributed by atoms with Gasteiger partial charge in [-0.2, -0.15) is 4.98 Å². The summed E-state index contributed by atoms with van der Waals surface area (Å²) in [5.41, 5.74) is -1.61. The van der Waals surface area contributed by atoms with E-state index in [0.29, 0.717) is 23.5 Å². The van der Waals surface area contributed by atoms with Gasteiger partial charge in [-0.3, -0.25) is 0 Å². The molecule has 1 aromatic carbocycles. The lowest BCUT2D eigenvalue weighted by Gasteiger charge is -2.33. The van der Waals surface area contributed by atoms with E-state index >= 15 is 0 Å². The first-order valence-electron chi connectivity index (χ1n) is 16.3. The summed E-state index contributed by atoms with van der Waals surface area (Å²) in [5, 5.41) is 17.6. The average Bonchev–Trinajstić information content (AvgIpc) is 3.63. The number of anilines is 2. The molecule has 47 heavy (non-hydrogen) atoms. The third kappa shape index (κ3) is 7.58. The Morgan fingerprint density at radius 1 is 1.06 bits per heavy atom. The molecule has 254 valence electrons. The maximum Gasteiger partial charge on any atom is 0.407 e. The first-order valence-corrected chi connectivity index (χ1v) is 16.3. The number of nitrogens with zero attached hydrogens (tertiary/aromatic N) is 6. The molecule has 2 saturated heterocycles. The Morgan fingerprint density at radius 3 is 2.43 bits per heavy atom. The van der Waals surface area contributed by atoms with Gasteiger partial charge in [0.2, 0.25) is 11.8 Å². The van der Waals surface area contributed by atoms with Crippen molar-refractivity contribution >= 4 is 18.1 Å². The van der Waals surface area contributed by atoms with E-state index in [1.165, 1.54) is 0 Å². The Bertz CT molecular complexity index is 1550. The highest BCUT2D eigenvalue weighted by Crippen LogP contribution is 2.44. The summed E-state index contributed by atoms with van der Waals surface area (Å²) >= 11 is 0. The van der Waals surface area contributed by atoms with Crippen molar-refractivity contribution in [3.63, 3.8) is 0 Å². The van der Waals surface area contributed by atoms with E-state index in [0.717, 1.165) is 57.0 Å². The van der Waals surface area contributed by atoms with Crippen LogP contribution < -0.4 is 19.9 Å². The second-order valence-corrected chi connectivity index (χ2v) is 14.1. The normalized spacial score (nSPS) is 22.6. The zero-order chi connectivity index (χ0) is 33.5. The number of piperidine rings is 1. The van der Waals surface area contributed by atoms with Crippen LogP contribution in [0.25, 0.3) is 0 Å². The van der Waals surface area contributed by atoms with Crippen LogP contribution in [-0.2, 0) is 10.3 Å². The van der Waals surface area contributed by atoms with E-state index in [2.05, 4.69) is 25.4 Å². The summed E-state index contributed by atoms with van der Waals surface area (Å²) in [6.07, 6.45) is 6.12. The second kappa shape index (κ2) is 12.9. The van der Waals surface area contributed by atoms with Crippen molar-refractivity contribution < 1.29 is 32.7 Å². The number of aliphatic hydroxyl groups is 1. The van der Waals surface area contributed by atoms with E-state index in [1.807, 2.05) is 16.7 Å². The number of nitrogens with one attached hydrogen (secondary N) is 1. The highest BCUT2D eigenvalue weighted by molar-refractivity contribution is 5.68. The number of benzene rings is 1. The van der Waals surface area contributed by atoms with Crippen LogP contribution in [0.3, 0.4) is 0 Å². The fourth-order valence-corrected chi connectivity index (χ4v) is 6.47.